The third-order valence-electron chi connectivity index (χ3n) is 3.74. The van der Waals surface area contributed by atoms with Gasteiger partial charge in [-0.25, -0.2) is 0 Å². The van der Waals surface area contributed by atoms with E-state index in [2.05, 4.69) is 5.32 Å². The van der Waals surface area contributed by atoms with Crippen LogP contribution in [0.5, 0.6) is 5.75 Å². The first-order valence-electron chi connectivity index (χ1n) is 7.91. The first kappa shape index (κ1) is 15.8. The molecule has 0 saturated heterocycles. The van der Waals surface area contributed by atoms with E-state index >= 15 is 0 Å². The van der Waals surface area contributed by atoms with Gasteiger partial charge in [0.2, 0.25) is 0 Å². The molecule has 1 saturated carbocycles. The van der Waals surface area contributed by atoms with Crippen LogP contribution in [0, 0.1) is 0 Å². The molecule has 1 aliphatic rings. The molecule has 0 aromatic heterocycles. The van der Waals surface area contributed by atoms with E-state index in [1.807, 2.05) is 25.1 Å². The van der Waals surface area contributed by atoms with E-state index < -0.39 is 0 Å². The third kappa shape index (κ3) is 5.38. The lowest BCUT2D eigenvalue weighted by Crippen LogP contribution is -2.36. The maximum absolute atomic E-state index is 12.3. The number of hydrogen-bond donors (Lipinski definition) is 1. The van der Waals surface area contributed by atoms with Gasteiger partial charge in [0.25, 0.3) is 5.91 Å². The number of rotatable bonds is 7. The predicted molar refractivity (Wildman–Crippen MR) is 82.8 cm³/mol. The second kappa shape index (κ2) is 8.67. The number of hydrogen-bond acceptors (Lipinski definition) is 3. The second-order valence-corrected chi connectivity index (χ2v) is 5.38. The lowest BCUT2D eigenvalue weighted by molar-refractivity contribution is 0.0926. The van der Waals surface area contributed by atoms with Gasteiger partial charge in [-0.1, -0.05) is 25.3 Å². The summed E-state index contributed by atoms with van der Waals surface area (Å²) in [6.45, 7) is 3.71. The maximum Gasteiger partial charge on any atom is 0.251 e. The molecular weight excluding hydrogens is 266 g/mol. The van der Waals surface area contributed by atoms with Crippen LogP contribution in [-0.2, 0) is 4.74 Å². The van der Waals surface area contributed by atoms with Crippen molar-refractivity contribution in [1.82, 2.24) is 5.32 Å². The van der Waals surface area contributed by atoms with Gasteiger partial charge in [-0.15, -0.1) is 0 Å². The minimum Gasteiger partial charge on any atom is -0.491 e. The molecule has 1 aromatic carbocycles. The molecule has 4 heteroatoms. The van der Waals surface area contributed by atoms with Gasteiger partial charge in [-0.05, 0) is 38.0 Å². The van der Waals surface area contributed by atoms with Crippen molar-refractivity contribution in [3.05, 3.63) is 29.8 Å². The van der Waals surface area contributed by atoms with Crippen LogP contribution >= 0.6 is 0 Å². The third-order valence-corrected chi connectivity index (χ3v) is 3.74. The SMILES string of the molecule is CCOCCOc1cccc(C(=O)NC2CCCCC2)c1. The number of nitrogens with one attached hydrogen (secondary N) is 1. The molecule has 0 heterocycles. The molecular formula is C17H25NO3. The van der Waals surface area contributed by atoms with Gasteiger partial charge in [0.05, 0.1) is 6.61 Å². The van der Waals surface area contributed by atoms with Gasteiger partial charge >= 0.3 is 0 Å². The Balaban J connectivity index is 1.85. The Hall–Kier alpha value is -1.55. The minimum atomic E-state index is -0.00263. The zero-order chi connectivity index (χ0) is 14.9. The summed E-state index contributed by atoms with van der Waals surface area (Å²) in [5.74, 6) is 0.711. The van der Waals surface area contributed by atoms with Crippen molar-refractivity contribution in [2.45, 2.75) is 45.1 Å². The monoisotopic (exact) mass is 291 g/mol. The van der Waals surface area contributed by atoms with Crippen LogP contribution in [0.4, 0.5) is 0 Å². The molecule has 0 aliphatic heterocycles. The van der Waals surface area contributed by atoms with Crippen molar-refractivity contribution in [3.63, 3.8) is 0 Å². The molecule has 0 unspecified atom stereocenters. The van der Waals surface area contributed by atoms with Crippen LogP contribution in [0.1, 0.15) is 49.4 Å². The molecule has 1 N–H and O–H groups in total. The molecule has 1 fully saturated rings. The van der Waals surface area contributed by atoms with Crippen LogP contribution < -0.4 is 10.1 Å². The highest BCUT2D eigenvalue weighted by Crippen LogP contribution is 2.19. The molecule has 0 atom stereocenters. The van der Waals surface area contributed by atoms with E-state index in [1.54, 1.807) is 6.07 Å². The summed E-state index contributed by atoms with van der Waals surface area (Å²) in [4.78, 5) is 12.3. The Morgan fingerprint density at radius 1 is 1.24 bits per heavy atom. The Labute approximate surface area is 126 Å². The Kier molecular flexibility index (Phi) is 6.54. The molecule has 1 amide bonds. The maximum atomic E-state index is 12.3. The van der Waals surface area contributed by atoms with Crippen molar-refractivity contribution < 1.29 is 14.3 Å². The minimum absolute atomic E-state index is 0.00263. The van der Waals surface area contributed by atoms with Gasteiger partial charge in [0.15, 0.2) is 0 Å². The lowest BCUT2D eigenvalue weighted by atomic mass is 9.95. The first-order chi connectivity index (χ1) is 10.3. The molecule has 0 bridgehead atoms. The first-order valence-corrected chi connectivity index (χ1v) is 7.91. The summed E-state index contributed by atoms with van der Waals surface area (Å²) >= 11 is 0. The second-order valence-electron chi connectivity index (χ2n) is 5.38. The van der Waals surface area contributed by atoms with E-state index in [0.717, 1.165) is 12.8 Å². The average molecular weight is 291 g/mol. The fourth-order valence-electron chi connectivity index (χ4n) is 2.61. The summed E-state index contributed by atoms with van der Waals surface area (Å²) in [6, 6.07) is 7.67. The van der Waals surface area contributed by atoms with E-state index in [1.165, 1.54) is 19.3 Å². The Morgan fingerprint density at radius 2 is 2.05 bits per heavy atom. The van der Waals surface area contributed by atoms with Crippen LogP contribution in [0.15, 0.2) is 24.3 Å². The topological polar surface area (TPSA) is 47.6 Å². The normalized spacial score (nSPS) is 15.7. The fourth-order valence-corrected chi connectivity index (χ4v) is 2.61. The lowest BCUT2D eigenvalue weighted by Gasteiger charge is -2.22. The molecule has 1 aromatic rings. The molecule has 0 spiro atoms. The molecule has 1 aliphatic carbocycles. The van der Waals surface area contributed by atoms with Crippen molar-refractivity contribution in [2.75, 3.05) is 19.8 Å². The van der Waals surface area contributed by atoms with Gasteiger partial charge in [0, 0.05) is 18.2 Å². The zero-order valence-corrected chi connectivity index (χ0v) is 12.8. The van der Waals surface area contributed by atoms with E-state index in [4.69, 9.17) is 9.47 Å². The van der Waals surface area contributed by atoms with Gasteiger partial charge in [-0.2, -0.15) is 0 Å². The van der Waals surface area contributed by atoms with Crippen molar-refractivity contribution in [1.29, 1.82) is 0 Å². The predicted octanol–water partition coefficient (Wildman–Crippen LogP) is 3.16. The summed E-state index contributed by atoms with van der Waals surface area (Å²) in [7, 11) is 0. The molecule has 116 valence electrons. The quantitative estimate of drug-likeness (QED) is 0.785. The van der Waals surface area contributed by atoms with E-state index in [-0.39, 0.29) is 5.91 Å². The average Bonchev–Trinajstić information content (AvgIpc) is 2.53. The van der Waals surface area contributed by atoms with Gasteiger partial charge in [0.1, 0.15) is 12.4 Å². The summed E-state index contributed by atoms with van der Waals surface area (Å²) < 4.78 is 10.8. The number of carbonyl (C=O) groups excluding carboxylic acids is 1. The largest absolute Gasteiger partial charge is 0.491 e. The standard InChI is InChI=1S/C17H25NO3/c1-2-20-11-12-21-16-10-6-7-14(13-16)17(19)18-15-8-4-3-5-9-15/h6-7,10,13,15H,2-5,8-9,11-12H2,1H3,(H,18,19). The number of amides is 1. The number of benzene rings is 1. The number of ether oxygens (including phenoxy) is 2. The summed E-state index contributed by atoms with van der Waals surface area (Å²) in [5.41, 5.74) is 0.662. The summed E-state index contributed by atoms with van der Waals surface area (Å²) in [5, 5.41) is 3.12. The highest BCUT2D eigenvalue weighted by Gasteiger charge is 2.16. The van der Waals surface area contributed by atoms with Gasteiger partial charge in [-0.3, -0.25) is 4.79 Å². The van der Waals surface area contributed by atoms with Crippen molar-refractivity contribution >= 4 is 5.91 Å². The molecule has 4 nitrogen and oxygen atoms in total. The molecule has 2 rings (SSSR count). The molecule has 21 heavy (non-hydrogen) atoms. The van der Waals surface area contributed by atoms with Crippen LogP contribution in [0.25, 0.3) is 0 Å². The highest BCUT2D eigenvalue weighted by molar-refractivity contribution is 5.94. The van der Waals surface area contributed by atoms with Crippen LogP contribution in [0.3, 0.4) is 0 Å². The van der Waals surface area contributed by atoms with E-state index in [0.29, 0.717) is 37.2 Å². The van der Waals surface area contributed by atoms with Gasteiger partial charge < -0.3 is 14.8 Å². The zero-order valence-electron chi connectivity index (χ0n) is 12.8. The Morgan fingerprint density at radius 3 is 2.81 bits per heavy atom. The Bertz CT molecular complexity index is 441. The van der Waals surface area contributed by atoms with Crippen LogP contribution in [0.2, 0.25) is 0 Å². The van der Waals surface area contributed by atoms with E-state index in [9.17, 15) is 4.79 Å². The van der Waals surface area contributed by atoms with Crippen LogP contribution in [-0.4, -0.2) is 31.8 Å². The smallest absolute Gasteiger partial charge is 0.251 e. The summed E-state index contributed by atoms with van der Waals surface area (Å²) in [6.07, 6.45) is 5.90. The number of carbonyl (C=O) groups is 1. The molecule has 0 radical (unpaired) electrons. The fraction of sp³-hybridized carbons (Fsp3) is 0.588. The van der Waals surface area contributed by atoms with Crippen molar-refractivity contribution in [3.8, 4) is 5.75 Å². The highest BCUT2D eigenvalue weighted by atomic mass is 16.5. The van der Waals surface area contributed by atoms with Crippen molar-refractivity contribution in [2.24, 2.45) is 0 Å².